The largest absolute Gasteiger partial charge is 0.466 e. The number of urea groups is 2. The molecule has 6 amide bonds. The van der Waals surface area contributed by atoms with Gasteiger partial charge in [0, 0.05) is 25.9 Å². The van der Waals surface area contributed by atoms with Crippen LogP contribution in [0.15, 0.2) is 72.8 Å². The average Bonchev–Trinajstić information content (AvgIpc) is 0.752. The Kier molecular flexibility index (Phi) is 46.5. The summed E-state index contributed by atoms with van der Waals surface area (Å²) in [6, 6.07) is 25.6. The summed E-state index contributed by atoms with van der Waals surface area (Å²) in [5.41, 5.74) is 8.06. The van der Waals surface area contributed by atoms with E-state index < -0.39 is 24.2 Å². The van der Waals surface area contributed by atoms with Crippen LogP contribution in [0.1, 0.15) is 271 Å². The number of imide groups is 1. The van der Waals surface area contributed by atoms with E-state index in [1.165, 1.54) is 197 Å². The number of carbonyl (C=O) groups is 6. The highest BCUT2D eigenvalue weighted by atomic mass is 16.5. The first-order valence-electron chi connectivity index (χ1n) is 34.0. The molecule has 87 heavy (non-hydrogen) atoms. The zero-order valence-corrected chi connectivity index (χ0v) is 53.9. The number of primary amides is 2. The van der Waals surface area contributed by atoms with E-state index in [4.69, 9.17) is 29.3 Å². The van der Waals surface area contributed by atoms with Crippen LogP contribution in [0.4, 0.5) is 19.2 Å². The number of amides is 6. The average molecular weight is 1210 g/mol. The zero-order valence-electron chi connectivity index (χ0n) is 53.9. The SMILES string of the molecule is CCCCCCCCCCCCOC(=O)CCCCCCCCCCCNC(=O)NC(=O)NCCCCCCCCCCCC(=O)OCCCCCCCCCCCC.NC(=O)O.NC(=O)O.c1cc2cccc3c4cccc5cccc(c(c1)c23)c54. The van der Waals surface area contributed by atoms with Crippen molar-refractivity contribution in [2.24, 2.45) is 11.5 Å². The molecule has 9 N–H and O–H groups in total. The van der Waals surface area contributed by atoms with Gasteiger partial charge in [-0.05, 0) is 81.6 Å². The van der Waals surface area contributed by atoms with E-state index in [-0.39, 0.29) is 11.9 Å². The summed E-state index contributed by atoms with van der Waals surface area (Å²) in [6.45, 7) is 6.82. The van der Waals surface area contributed by atoms with Gasteiger partial charge >= 0.3 is 36.2 Å². The third-order valence-electron chi connectivity index (χ3n) is 15.8. The molecule has 15 heteroatoms. The predicted molar refractivity (Wildman–Crippen MR) is 360 cm³/mol. The number of unbranched alkanes of at least 4 members (excludes halogenated alkanes) is 34. The monoisotopic (exact) mass is 1210 g/mol. The lowest BCUT2D eigenvalue weighted by atomic mass is 9.90. The number of hydrogen-bond acceptors (Lipinski definition) is 8. The van der Waals surface area contributed by atoms with Crippen molar-refractivity contribution in [1.29, 1.82) is 0 Å². The predicted octanol–water partition coefficient (Wildman–Crippen LogP) is 19.7. The summed E-state index contributed by atoms with van der Waals surface area (Å²) in [6.07, 6.45) is 44.0. The number of rotatable bonds is 46. The highest BCUT2D eigenvalue weighted by Crippen LogP contribution is 2.39. The van der Waals surface area contributed by atoms with Gasteiger partial charge < -0.3 is 41.8 Å². The molecular weight excluding hydrogens is 1090 g/mol. The molecule has 0 aliphatic carbocycles. The molecule has 0 fully saturated rings. The Hall–Kier alpha value is -6.38. The number of esters is 2. The molecular formula is C72H115N5O10. The van der Waals surface area contributed by atoms with Crippen LogP contribution in [0.5, 0.6) is 0 Å². The standard InChI is InChI=1S/C50H97N3O6.C20H12.2CH3NO2/c1-3-5-7-9-11-13-21-27-33-39-45-58-47(54)41-35-29-23-17-15-19-25-31-37-43-51-49(56)53-50(57)52-44-38-32-26-20-16-18-24-30-36-42-48(55)59-46-40-34-28-22-14-12-10-8-6-4-2;1-5-13-6-2-11-17-18-12-4-8-14-7-3-10-16(20(14)18)15(9-1)19(13)17;2*2-1(3)4/h3-46H2,1-2H3,(H3,51,52,53,56,57);1-12H;2*2H2,(H,3,4). The Morgan fingerprint density at radius 1 is 0.345 bits per heavy atom. The van der Waals surface area contributed by atoms with E-state index in [1.807, 2.05) is 0 Å². The van der Waals surface area contributed by atoms with Gasteiger partial charge in [-0.3, -0.25) is 14.9 Å². The summed E-state index contributed by atoms with van der Waals surface area (Å²) < 4.78 is 10.8. The van der Waals surface area contributed by atoms with Gasteiger partial charge in [0.05, 0.1) is 13.2 Å². The number of hydrogen-bond donors (Lipinski definition) is 7. The van der Waals surface area contributed by atoms with Crippen molar-refractivity contribution in [3.63, 3.8) is 0 Å². The van der Waals surface area contributed by atoms with E-state index in [1.54, 1.807) is 0 Å². The van der Waals surface area contributed by atoms with Gasteiger partial charge in [-0.2, -0.15) is 0 Å². The first-order chi connectivity index (χ1) is 42.4. The van der Waals surface area contributed by atoms with Crippen LogP contribution in [0, 0.1) is 0 Å². The number of benzene rings is 5. The molecule has 0 heterocycles. The molecule has 488 valence electrons. The minimum Gasteiger partial charge on any atom is -0.466 e. The van der Waals surface area contributed by atoms with Gasteiger partial charge in [0.1, 0.15) is 0 Å². The maximum atomic E-state index is 12.0. The number of ether oxygens (including phenoxy) is 2. The zero-order chi connectivity index (χ0) is 63.2. The molecule has 0 aromatic heterocycles. The number of carbonyl (C=O) groups excluding carboxylic acids is 4. The van der Waals surface area contributed by atoms with Crippen LogP contribution >= 0.6 is 0 Å². The van der Waals surface area contributed by atoms with Gasteiger partial charge in [-0.25, -0.2) is 19.2 Å². The molecule has 0 aliphatic heterocycles. The molecule has 0 radical (unpaired) electrons. The number of nitrogens with two attached hydrogens (primary N) is 2. The molecule has 0 saturated heterocycles. The lowest BCUT2D eigenvalue weighted by molar-refractivity contribution is -0.144. The summed E-state index contributed by atoms with van der Waals surface area (Å²) in [5, 5.41) is 33.2. The molecule has 5 aromatic rings. The van der Waals surface area contributed by atoms with Crippen molar-refractivity contribution >= 4 is 79.3 Å². The second kappa shape index (κ2) is 52.7. The van der Waals surface area contributed by atoms with Crippen molar-refractivity contribution in [3.05, 3.63) is 72.8 Å². The van der Waals surface area contributed by atoms with Crippen molar-refractivity contribution in [3.8, 4) is 0 Å². The van der Waals surface area contributed by atoms with Gasteiger partial charge in [-0.15, -0.1) is 0 Å². The Morgan fingerprint density at radius 2 is 0.575 bits per heavy atom. The fourth-order valence-electron chi connectivity index (χ4n) is 11.1. The van der Waals surface area contributed by atoms with E-state index in [0.717, 1.165) is 89.9 Å². The van der Waals surface area contributed by atoms with Gasteiger partial charge in [0.2, 0.25) is 0 Å². The molecule has 5 aromatic carbocycles. The molecule has 5 rings (SSSR count). The van der Waals surface area contributed by atoms with Crippen LogP contribution in [0.25, 0.3) is 43.1 Å². The second-order valence-electron chi connectivity index (χ2n) is 23.4. The maximum absolute atomic E-state index is 12.0. The van der Waals surface area contributed by atoms with E-state index >= 15 is 0 Å². The fourth-order valence-corrected chi connectivity index (χ4v) is 11.1. The van der Waals surface area contributed by atoms with E-state index in [0.29, 0.717) is 39.1 Å². The van der Waals surface area contributed by atoms with Crippen molar-refractivity contribution in [2.45, 2.75) is 271 Å². The van der Waals surface area contributed by atoms with Crippen LogP contribution < -0.4 is 27.4 Å². The van der Waals surface area contributed by atoms with Crippen LogP contribution in [-0.2, 0) is 19.1 Å². The second-order valence-corrected chi connectivity index (χ2v) is 23.4. The summed E-state index contributed by atoms with van der Waals surface area (Å²) in [7, 11) is 0. The molecule has 0 bridgehead atoms. The van der Waals surface area contributed by atoms with Crippen LogP contribution in [-0.4, -0.2) is 72.7 Å². The number of nitrogens with one attached hydrogen (secondary N) is 3. The topological polar surface area (TPSA) is 249 Å². The lowest BCUT2D eigenvalue weighted by Crippen LogP contribution is -2.45. The third kappa shape index (κ3) is 39.9. The van der Waals surface area contributed by atoms with Gasteiger partial charge in [0.15, 0.2) is 0 Å². The lowest BCUT2D eigenvalue weighted by Gasteiger charge is -2.13. The minimum atomic E-state index is -1.33. The fraction of sp³-hybridized carbons (Fsp3) is 0.639. The first-order valence-corrected chi connectivity index (χ1v) is 34.0. The van der Waals surface area contributed by atoms with E-state index in [9.17, 15) is 19.2 Å². The number of fused-ring (bicyclic) bond motifs is 2. The molecule has 0 spiro atoms. The van der Waals surface area contributed by atoms with Crippen molar-refractivity contribution < 1.29 is 48.5 Å². The highest BCUT2D eigenvalue weighted by Gasteiger charge is 2.12. The highest BCUT2D eigenvalue weighted by molar-refractivity contribution is 6.32. The summed E-state index contributed by atoms with van der Waals surface area (Å²) >= 11 is 0. The molecule has 15 nitrogen and oxygen atoms in total. The Morgan fingerprint density at radius 3 is 0.839 bits per heavy atom. The Balaban J connectivity index is 0.000000734. The Labute approximate surface area is 522 Å². The summed E-state index contributed by atoms with van der Waals surface area (Å²) in [4.78, 5) is 65.5. The smallest absolute Gasteiger partial charge is 0.402 e. The molecule has 0 saturated carbocycles. The summed E-state index contributed by atoms with van der Waals surface area (Å²) in [5.74, 6) is -0.0715. The maximum Gasteiger partial charge on any atom is 0.402 e. The quantitative estimate of drug-likeness (QED) is 0.00840. The number of carboxylic acid groups (broad SMARTS) is 2. The van der Waals surface area contributed by atoms with Gasteiger partial charge in [0.25, 0.3) is 0 Å². The first kappa shape index (κ1) is 76.7. The molecule has 0 unspecified atom stereocenters. The molecule has 0 aliphatic rings. The van der Waals surface area contributed by atoms with Crippen LogP contribution in [0.3, 0.4) is 0 Å². The Bertz CT molecular complexity index is 2310. The minimum absolute atomic E-state index is 0.0358. The van der Waals surface area contributed by atoms with Gasteiger partial charge in [-0.1, -0.05) is 292 Å². The van der Waals surface area contributed by atoms with Crippen LogP contribution in [0.2, 0.25) is 0 Å². The van der Waals surface area contributed by atoms with Crippen molar-refractivity contribution in [1.82, 2.24) is 16.0 Å². The third-order valence-corrected chi connectivity index (χ3v) is 15.8. The molecule has 0 atom stereocenters. The normalized spacial score (nSPS) is 10.8. The van der Waals surface area contributed by atoms with Crippen molar-refractivity contribution in [2.75, 3.05) is 26.3 Å². The van der Waals surface area contributed by atoms with E-state index in [2.05, 4.69) is 114 Å².